The van der Waals surface area contributed by atoms with Gasteiger partial charge in [-0.15, -0.1) is 0 Å². The predicted octanol–water partition coefficient (Wildman–Crippen LogP) is 2.01. The monoisotopic (exact) mass is 300 g/mol. The molecule has 0 unspecified atom stereocenters. The summed E-state index contributed by atoms with van der Waals surface area (Å²) < 4.78 is 26.5. The van der Waals surface area contributed by atoms with Gasteiger partial charge in [0.25, 0.3) is 10.0 Å². The van der Waals surface area contributed by atoms with E-state index in [0.717, 1.165) is 0 Å². The van der Waals surface area contributed by atoms with Crippen LogP contribution in [0.15, 0.2) is 29.4 Å². The molecule has 0 atom stereocenters. The molecule has 0 aliphatic heterocycles. The second-order valence-electron chi connectivity index (χ2n) is 3.89. The molecule has 0 bridgehead atoms. The van der Waals surface area contributed by atoms with E-state index in [2.05, 4.69) is 14.7 Å². The zero-order valence-electron chi connectivity index (χ0n) is 10.1. The van der Waals surface area contributed by atoms with E-state index < -0.39 is 10.0 Å². The smallest absolute Gasteiger partial charge is 0.278 e. The first-order valence-electron chi connectivity index (χ1n) is 5.54. The van der Waals surface area contributed by atoms with E-state index in [1.54, 1.807) is 0 Å². The number of nitrogen functional groups attached to an aromatic ring is 1. The number of hydrogen-bond acceptors (Lipinski definition) is 4. The summed E-state index contributed by atoms with van der Waals surface area (Å²) in [6.45, 7) is 1.88. The maximum absolute atomic E-state index is 12.1. The molecule has 0 aliphatic rings. The highest BCUT2D eigenvalue weighted by molar-refractivity contribution is 7.92. The first-order valence-corrected chi connectivity index (χ1v) is 7.40. The Morgan fingerprint density at radius 1 is 1.47 bits per heavy atom. The molecule has 0 aliphatic carbocycles. The molecular formula is C11H13ClN4O2S. The zero-order chi connectivity index (χ0) is 14.0. The fourth-order valence-corrected chi connectivity index (χ4v) is 2.59. The number of hydrogen-bond donors (Lipinski definition) is 3. The summed E-state index contributed by atoms with van der Waals surface area (Å²) in [6.07, 6.45) is 1.91. The van der Waals surface area contributed by atoms with Crippen LogP contribution in [-0.2, 0) is 16.4 Å². The van der Waals surface area contributed by atoms with Crippen LogP contribution >= 0.6 is 11.6 Å². The lowest BCUT2D eigenvalue weighted by molar-refractivity contribution is 0.598. The van der Waals surface area contributed by atoms with Gasteiger partial charge < -0.3 is 10.7 Å². The number of nitrogens with one attached hydrogen (secondary N) is 2. The highest BCUT2D eigenvalue weighted by atomic mass is 35.5. The summed E-state index contributed by atoms with van der Waals surface area (Å²) in [7, 11) is -3.70. The number of aryl methyl sites for hydroxylation is 1. The van der Waals surface area contributed by atoms with E-state index in [9.17, 15) is 8.42 Å². The Kier molecular flexibility index (Phi) is 3.68. The van der Waals surface area contributed by atoms with Gasteiger partial charge >= 0.3 is 0 Å². The van der Waals surface area contributed by atoms with Crippen molar-refractivity contribution in [1.82, 2.24) is 9.97 Å². The average molecular weight is 301 g/mol. The zero-order valence-corrected chi connectivity index (χ0v) is 11.7. The molecule has 0 amide bonds. The van der Waals surface area contributed by atoms with E-state index in [4.69, 9.17) is 17.3 Å². The molecule has 2 aromatic rings. The first kappa shape index (κ1) is 13.7. The SMILES string of the molecule is CCc1ncc(S(=O)(=O)Nc2ccc(Cl)c(N)c2)[nH]1. The third-order valence-corrected chi connectivity index (χ3v) is 4.11. The molecule has 1 heterocycles. The average Bonchev–Trinajstić information content (AvgIpc) is 2.83. The van der Waals surface area contributed by atoms with Crippen molar-refractivity contribution in [2.75, 3.05) is 10.5 Å². The van der Waals surface area contributed by atoms with Crippen LogP contribution < -0.4 is 10.5 Å². The van der Waals surface area contributed by atoms with Crippen LogP contribution in [0.5, 0.6) is 0 Å². The van der Waals surface area contributed by atoms with Crippen LogP contribution in [-0.4, -0.2) is 18.4 Å². The van der Waals surface area contributed by atoms with Crippen LogP contribution in [0.1, 0.15) is 12.7 Å². The maximum Gasteiger partial charge on any atom is 0.278 e. The Balaban J connectivity index is 2.28. The van der Waals surface area contributed by atoms with Gasteiger partial charge in [-0.05, 0) is 18.2 Å². The molecule has 0 saturated heterocycles. The summed E-state index contributed by atoms with van der Waals surface area (Å²) in [5, 5.41) is 0.385. The van der Waals surface area contributed by atoms with Crippen molar-refractivity contribution < 1.29 is 8.42 Å². The van der Waals surface area contributed by atoms with Crippen LogP contribution in [0.3, 0.4) is 0 Å². The number of anilines is 2. The number of benzene rings is 1. The molecule has 8 heteroatoms. The number of sulfonamides is 1. The number of aromatic amines is 1. The molecule has 1 aromatic carbocycles. The van der Waals surface area contributed by atoms with Gasteiger partial charge in [0.1, 0.15) is 5.82 Å². The van der Waals surface area contributed by atoms with Crippen LogP contribution in [0, 0.1) is 0 Å². The fraction of sp³-hybridized carbons (Fsp3) is 0.182. The minimum Gasteiger partial charge on any atom is -0.397 e. The summed E-state index contributed by atoms with van der Waals surface area (Å²) in [4.78, 5) is 6.68. The molecule has 102 valence electrons. The van der Waals surface area contributed by atoms with E-state index in [1.807, 2.05) is 6.92 Å². The molecule has 0 fully saturated rings. The summed E-state index contributed by atoms with van der Waals surface area (Å²) in [5.41, 5.74) is 6.27. The van der Waals surface area contributed by atoms with Gasteiger partial charge in [-0.2, -0.15) is 8.42 Å². The molecule has 0 spiro atoms. The van der Waals surface area contributed by atoms with Crippen molar-refractivity contribution in [3.63, 3.8) is 0 Å². The summed E-state index contributed by atoms with van der Waals surface area (Å²) in [6, 6.07) is 4.52. The number of halogens is 1. The quantitative estimate of drug-likeness (QED) is 0.752. The molecular weight excluding hydrogens is 288 g/mol. The molecule has 2 rings (SSSR count). The van der Waals surface area contributed by atoms with Gasteiger partial charge in [-0.25, -0.2) is 4.98 Å². The van der Waals surface area contributed by atoms with Crippen molar-refractivity contribution in [2.45, 2.75) is 18.4 Å². The lowest BCUT2D eigenvalue weighted by Crippen LogP contribution is -2.13. The van der Waals surface area contributed by atoms with Crippen LogP contribution in [0.2, 0.25) is 5.02 Å². The van der Waals surface area contributed by atoms with Gasteiger partial charge in [-0.3, -0.25) is 4.72 Å². The number of nitrogens with two attached hydrogens (primary N) is 1. The topological polar surface area (TPSA) is 101 Å². The molecule has 4 N–H and O–H groups in total. The number of aromatic nitrogens is 2. The predicted molar refractivity (Wildman–Crippen MR) is 74.6 cm³/mol. The Labute approximate surface area is 116 Å². The number of rotatable bonds is 4. The molecule has 6 nitrogen and oxygen atoms in total. The second kappa shape index (κ2) is 5.10. The molecule has 0 radical (unpaired) electrons. The van der Waals surface area contributed by atoms with Crippen LogP contribution in [0.4, 0.5) is 11.4 Å². The minimum atomic E-state index is -3.70. The maximum atomic E-state index is 12.1. The van der Waals surface area contributed by atoms with Crippen LogP contribution in [0.25, 0.3) is 0 Å². The van der Waals surface area contributed by atoms with Gasteiger partial charge in [0.15, 0.2) is 5.03 Å². The highest BCUT2D eigenvalue weighted by Gasteiger charge is 2.17. The van der Waals surface area contributed by atoms with Gasteiger partial charge in [0, 0.05) is 6.42 Å². The lowest BCUT2D eigenvalue weighted by atomic mass is 10.3. The molecule has 0 saturated carbocycles. The van der Waals surface area contributed by atoms with E-state index in [-0.39, 0.29) is 5.03 Å². The highest BCUT2D eigenvalue weighted by Crippen LogP contribution is 2.24. The van der Waals surface area contributed by atoms with Gasteiger partial charge in [-0.1, -0.05) is 18.5 Å². The normalized spacial score (nSPS) is 11.5. The van der Waals surface area contributed by atoms with Crippen molar-refractivity contribution in [2.24, 2.45) is 0 Å². The standard InChI is InChI=1S/C11H13ClN4O2S/c1-2-10-14-6-11(15-10)19(17,18)16-7-3-4-8(12)9(13)5-7/h3-6,16H,2,13H2,1H3,(H,14,15). The van der Waals surface area contributed by atoms with Crippen molar-refractivity contribution in [3.8, 4) is 0 Å². The Bertz CT molecular complexity index is 696. The fourth-order valence-electron chi connectivity index (χ4n) is 1.48. The minimum absolute atomic E-state index is 0.0119. The Hall–Kier alpha value is -1.73. The number of nitrogens with zero attached hydrogens (tertiary/aromatic N) is 1. The van der Waals surface area contributed by atoms with E-state index in [0.29, 0.717) is 28.6 Å². The second-order valence-corrected chi connectivity index (χ2v) is 5.95. The van der Waals surface area contributed by atoms with Gasteiger partial charge in [0.05, 0.1) is 22.6 Å². The van der Waals surface area contributed by atoms with Gasteiger partial charge in [0.2, 0.25) is 0 Å². The Morgan fingerprint density at radius 2 is 2.21 bits per heavy atom. The first-order chi connectivity index (χ1) is 8.92. The number of imidazole rings is 1. The van der Waals surface area contributed by atoms with Crippen molar-refractivity contribution in [1.29, 1.82) is 0 Å². The Morgan fingerprint density at radius 3 is 2.79 bits per heavy atom. The van der Waals surface area contributed by atoms with E-state index in [1.165, 1.54) is 24.4 Å². The molecule has 19 heavy (non-hydrogen) atoms. The van der Waals surface area contributed by atoms with E-state index >= 15 is 0 Å². The summed E-state index contributed by atoms with van der Waals surface area (Å²) in [5.74, 6) is 0.607. The lowest BCUT2D eigenvalue weighted by Gasteiger charge is -2.07. The number of H-pyrrole nitrogens is 1. The van der Waals surface area contributed by atoms with Crippen molar-refractivity contribution >= 4 is 33.0 Å². The third-order valence-electron chi connectivity index (χ3n) is 2.48. The van der Waals surface area contributed by atoms with Crippen molar-refractivity contribution in [3.05, 3.63) is 35.2 Å². The largest absolute Gasteiger partial charge is 0.397 e. The summed E-state index contributed by atoms with van der Waals surface area (Å²) >= 11 is 5.77. The molecule has 1 aromatic heterocycles. The third kappa shape index (κ3) is 2.99.